The van der Waals surface area contributed by atoms with Crippen LogP contribution in [0.5, 0.6) is 0 Å². The lowest BCUT2D eigenvalue weighted by atomic mass is 10.2. The van der Waals surface area contributed by atoms with Crippen molar-refractivity contribution in [3.8, 4) is 0 Å². The van der Waals surface area contributed by atoms with Crippen molar-refractivity contribution >= 4 is 50.7 Å². The number of thiazole rings is 1. The van der Waals surface area contributed by atoms with Crippen LogP contribution in [0, 0.1) is 0 Å². The van der Waals surface area contributed by atoms with Crippen LogP contribution in [-0.4, -0.2) is 29.4 Å². The molecule has 0 saturated carbocycles. The van der Waals surface area contributed by atoms with Crippen LogP contribution in [0.3, 0.4) is 0 Å². The Labute approximate surface area is 165 Å². The number of nitrogens with one attached hydrogen (secondary N) is 2. The van der Waals surface area contributed by atoms with Crippen LogP contribution >= 0.6 is 11.3 Å². The van der Waals surface area contributed by atoms with E-state index in [0.29, 0.717) is 17.8 Å². The van der Waals surface area contributed by atoms with Crippen LogP contribution in [0.2, 0.25) is 0 Å². The maximum atomic E-state index is 12.0. The minimum Gasteiger partial charge on any atom is -0.456 e. The molecule has 2 aromatic carbocycles. The SMILES string of the molecule is CC(=O)Nc1cccc(NC(=O)COC(=O)CCc2nc3ccccc3s2)c1. The molecule has 2 amide bonds. The van der Waals surface area contributed by atoms with Crippen LogP contribution in [0.15, 0.2) is 48.5 Å². The van der Waals surface area contributed by atoms with E-state index in [1.54, 1.807) is 35.6 Å². The zero-order valence-corrected chi connectivity index (χ0v) is 16.0. The Morgan fingerprint density at radius 1 is 1.04 bits per heavy atom. The normalized spacial score (nSPS) is 10.5. The number of amides is 2. The second-order valence-electron chi connectivity index (χ2n) is 6.05. The second kappa shape index (κ2) is 9.09. The van der Waals surface area contributed by atoms with Crippen molar-refractivity contribution in [3.63, 3.8) is 0 Å². The fourth-order valence-corrected chi connectivity index (χ4v) is 3.50. The Kier molecular flexibility index (Phi) is 6.33. The zero-order valence-electron chi connectivity index (χ0n) is 15.2. The van der Waals surface area contributed by atoms with E-state index in [-0.39, 0.29) is 18.9 Å². The van der Waals surface area contributed by atoms with Gasteiger partial charge in [-0.2, -0.15) is 0 Å². The highest BCUT2D eigenvalue weighted by atomic mass is 32.1. The van der Waals surface area contributed by atoms with Crippen LogP contribution in [0.4, 0.5) is 11.4 Å². The molecule has 8 heteroatoms. The van der Waals surface area contributed by atoms with E-state index in [1.165, 1.54) is 6.92 Å². The summed E-state index contributed by atoms with van der Waals surface area (Å²) in [5, 5.41) is 6.11. The molecular formula is C20H19N3O4S. The number of hydrogen-bond acceptors (Lipinski definition) is 6. The maximum Gasteiger partial charge on any atom is 0.306 e. The number of ether oxygens (including phenoxy) is 1. The van der Waals surface area contributed by atoms with Gasteiger partial charge in [-0.15, -0.1) is 11.3 Å². The number of aryl methyl sites for hydroxylation is 1. The molecule has 0 radical (unpaired) electrons. The van der Waals surface area contributed by atoms with Crippen molar-refractivity contribution in [1.82, 2.24) is 4.98 Å². The largest absolute Gasteiger partial charge is 0.456 e. The lowest BCUT2D eigenvalue weighted by molar-refractivity contribution is -0.147. The van der Waals surface area contributed by atoms with Gasteiger partial charge in [0.15, 0.2) is 6.61 Å². The quantitative estimate of drug-likeness (QED) is 0.596. The Hall–Kier alpha value is -3.26. The van der Waals surface area contributed by atoms with Crippen LogP contribution in [0.1, 0.15) is 18.4 Å². The molecule has 0 aliphatic carbocycles. The molecular weight excluding hydrogens is 378 g/mol. The number of rotatable bonds is 7. The van der Waals surface area contributed by atoms with Gasteiger partial charge in [0.05, 0.1) is 21.6 Å². The van der Waals surface area contributed by atoms with Crippen molar-refractivity contribution in [3.05, 3.63) is 53.5 Å². The Bertz CT molecular complexity index is 982. The first-order valence-corrected chi connectivity index (χ1v) is 9.49. The summed E-state index contributed by atoms with van der Waals surface area (Å²) < 4.78 is 6.10. The molecule has 7 nitrogen and oxygen atoms in total. The minimum atomic E-state index is -0.457. The molecule has 2 N–H and O–H groups in total. The van der Waals surface area contributed by atoms with Gasteiger partial charge in [0.25, 0.3) is 5.91 Å². The highest BCUT2D eigenvalue weighted by Crippen LogP contribution is 2.22. The zero-order chi connectivity index (χ0) is 19.9. The molecule has 0 fully saturated rings. The van der Waals surface area contributed by atoms with Gasteiger partial charge < -0.3 is 15.4 Å². The van der Waals surface area contributed by atoms with E-state index in [1.807, 2.05) is 24.3 Å². The van der Waals surface area contributed by atoms with Gasteiger partial charge in [0.1, 0.15) is 0 Å². The monoisotopic (exact) mass is 397 g/mol. The molecule has 0 atom stereocenters. The van der Waals surface area contributed by atoms with E-state index in [0.717, 1.165) is 15.2 Å². The van der Waals surface area contributed by atoms with Crippen molar-refractivity contribution in [2.45, 2.75) is 19.8 Å². The third kappa shape index (κ3) is 5.62. The van der Waals surface area contributed by atoms with Gasteiger partial charge in [-0.1, -0.05) is 18.2 Å². The standard InChI is InChI=1S/C20H19N3O4S/c1-13(24)21-14-5-4-6-15(11-14)22-18(25)12-27-20(26)10-9-19-23-16-7-2-3-8-17(16)28-19/h2-8,11H,9-10,12H2,1H3,(H,21,24)(H,22,25). The number of anilines is 2. The lowest BCUT2D eigenvalue weighted by Crippen LogP contribution is -2.21. The van der Waals surface area contributed by atoms with Crippen LogP contribution < -0.4 is 10.6 Å². The third-order valence-corrected chi connectivity index (χ3v) is 4.81. The first-order valence-electron chi connectivity index (χ1n) is 8.67. The molecule has 1 heterocycles. The molecule has 3 aromatic rings. The predicted molar refractivity (Wildman–Crippen MR) is 108 cm³/mol. The van der Waals surface area contributed by atoms with Gasteiger partial charge in [-0.3, -0.25) is 14.4 Å². The van der Waals surface area contributed by atoms with E-state index >= 15 is 0 Å². The molecule has 0 spiro atoms. The van der Waals surface area contributed by atoms with Crippen molar-refractivity contribution in [2.24, 2.45) is 0 Å². The summed E-state index contributed by atoms with van der Waals surface area (Å²) in [5.74, 6) is -1.11. The molecule has 28 heavy (non-hydrogen) atoms. The maximum absolute atomic E-state index is 12.0. The van der Waals surface area contributed by atoms with Gasteiger partial charge in [0, 0.05) is 24.7 Å². The predicted octanol–water partition coefficient (Wildman–Crippen LogP) is 3.37. The molecule has 0 unspecified atom stereocenters. The van der Waals surface area contributed by atoms with Gasteiger partial charge >= 0.3 is 5.97 Å². The number of esters is 1. The highest BCUT2D eigenvalue weighted by molar-refractivity contribution is 7.18. The Morgan fingerprint density at radius 3 is 2.54 bits per heavy atom. The number of para-hydroxylation sites is 1. The molecule has 0 aliphatic heterocycles. The van der Waals surface area contributed by atoms with E-state index in [2.05, 4.69) is 15.6 Å². The lowest BCUT2D eigenvalue weighted by Gasteiger charge is -2.08. The number of fused-ring (bicyclic) bond motifs is 1. The first-order chi connectivity index (χ1) is 13.5. The molecule has 3 rings (SSSR count). The van der Waals surface area contributed by atoms with Gasteiger partial charge in [0.2, 0.25) is 5.91 Å². The van der Waals surface area contributed by atoms with Crippen LogP contribution in [0.25, 0.3) is 10.2 Å². The summed E-state index contributed by atoms with van der Waals surface area (Å²) in [4.78, 5) is 39.4. The van der Waals surface area contributed by atoms with Gasteiger partial charge in [-0.05, 0) is 30.3 Å². The number of aromatic nitrogens is 1. The smallest absolute Gasteiger partial charge is 0.306 e. The molecule has 0 saturated heterocycles. The summed E-state index contributed by atoms with van der Waals surface area (Å²) >= 11 is 1.54. The number of nitrogens with zero attached hydrogens (tertiary/aromatic N) is 1. The summed E-state index contributed by atoms with van der Waals surface area (Å²) in [6, 6.07) is 14.5. The first kappa shape index (κ1) is 19.5. The summed E-state index contributed by atoms with van der Waals surface area (Å²) in [5.41, 5.74) is 1.98. The second-order valence-corrected chi connectivity index (χ2v) is 7.16. The molecule has 1 aromatic heterocycles. The van der Waals surface area contributed by atoms with E-state index in [4.69, 9.17) is 4.74 Å². The van der Waals surface area contributed by atoms with E-state index < -0.39 is 11.9 Å². The number of carbonyl (C=O) groups excluding carboxylic acids is 3. The highest BCUT2D eigenvalue weighted by Gasteiger charge is 2.11. The topological polar surface area (TPSA) is 97.4 Å². The minimum absolute atomic E-state index is 0.158. The Balaban J connectivity index is 1.43. The average Bonchev–Trinajstić information content (AvgIpc) is 3.07. The fraction of sp³-hybridized carbons (Fsp3) is 0.200. The number of benzene rings is 2. The molecule has 0 bridgehead atoms. The third-order valence-electron chi connectivity index (χ3n) is 3.71. The summed E-state index contributed by atoms with van der Waals surface area (Å²) in [6.45, 7) is 1.03. The summed E-state index contributed by atoms with van der Waals surface area (Å²) in [6.07, 6.45) is 0.629. The molecule has 0 aliphatic rings. The fourth-order valence-electron chi connectivity index (χ4n) is 2.53. The molecule has 144 valence electrons. The average molecular weight is 397 g/mol. The number of hydrogen-bond donors (Lipinski definition) is 2. The number of carbonyl (C=O) groups is 3. The van der Waals surface area contributed by atoms with E-state index in [9.17, 15) is 14.4 Å². The van der Waals surface area contributed by atoms with Crippen molar-refractivity contribution in [1.29, 1.82) is 0 Å². The van der Waals surface area contributed by atoms with Crippen molar-refractivity contribution < 1.29 is 19.1 Å². The van der Waals surface area contributed by atoms with Crippen LogP contribution in [-0.2, 0) is 25.5 Å². The summed E-state index contributed by atoms with van der Waals surface area (Å²) in [7, 11) is 0. The Morgan fingerprint density at radius 2 is 1.79 bits per heavy atom. The van der Waals surface area contributed by atoms with Crippen molar-refractivity contribution in [2.75, 3.05) is 17.2 Å². The van der Waals surface area contributed by atoms with Gasteiger partial charge in [-0.25, -0.2) is 4.98 Å².